The number of hydrogen-bond donors (Lipinski definition) is 1. The summed E-state index contributed by atoms with van der Waals surface area (Å²) in [6, 6.07) is 0.291. The molecule has 1 rings (SSSR count). The van der Waals surface area contributed by atoms with E-state index in [1.807, 2.05) is 0 Å². The molecule has 1 heterocycles. The van der Waals surface area contributed by atoms with Crippen LogP contribution in [-0.2, 0) is 9.53 Å². The van der Waals surface area contributed by atoms with Crippen molar-refractivity contribution in [1.82, 2.24) is 4.90 Å². The Hall–Kier alpha value is -0.610. The van der Waals surface area contributed by atoms with Crippen LogP contribution >= 0.6 is 0 Å². The first-order valence-corrected chi connectivity index (χ1v) is 6.80. The molecule has 0 amide bonds. The van der Waals surface area contributed by atoms with Crippen molar-refractivity contribution in [2.24, 2.45) is 0 Å². The number of nitrogens with zero attached hydrogens (tertiary/aromatic N) is 1. The van der Waals surface area contributed by atoms with Crippen LogP contribution in [0.1, 0.15) is 53.9 Å². The van der Waals surface area contributed by atoms with Gasteiger partial charge in [-0.15, -0.1) is 0 Å². The zero-order chi connectivity index (χ0) is 14.0. The minimum atomic E-state index is -0.755. The van der Waals surface area contributed by atoms with Gasteiger partial charge in [0.2, 0.25) is 0 Å². The summed E-state index contributed by atoms with van der Waals surface area (Å²) in [6.45, 7) is 11.3. The summed E-state index contributed by atoms with van der Waals surface area (Å²) in [5.74, 6) is -0.755. The molecular weight excluding hydrogens is 230 g/mol. The maximum Gasteiger partial charge on any atom is 0.317 e. The lowest BCUT2D eigenvalue weighted by molar-refractivity contribution is -0.145. The average Bonchev–Trinajstić information content (AvgIpc) is 2.24. The van der Waals surface area contributed by atoms with E-state index in [4.69, 9.17) is 9.84 Å². The molecule has 0 bridgehead atoms. The van der Waals surface area contributed by atoms with E-state index in [0.717, 1.165) is 25.9 Å². The van der Waals surface area contributed by atoms with Crippen molar-refractivity contribution in [3.8, 4) is 0 Å². The fourth-order valence-corrected chi connectivity index (χ4v) is 2.67. The molecule has 0 aromatic heterocycles. The summed E-state index contributed by atoms with van der Waals surface area (Å²) in [6.07, 6.45) is 2.79. The van der Waals surface area contributed by atoms with Gasteiger partial charge in [0.05, 0.1) is 12.1 Å². The van der Waals surface area contributed by atoms with Gasteiger partial charge >= 0.3 is 5.97 Å². The Morgan fingerprint density at radius 2 is 2.11 bits per heavy atom. The minimum Gasteiger partial charge on any atom is -0.480 e. The summed E-state index contributed by atoms with van der Waals surface area (Å²) < 4.78 is 5.84. The van der Waals surface area contributed by atoms with Gasteiger partial charge in [0, 0.05) is 18.2 Å². The van der Waals surface area contributed by atoms with E-state index in [0.29, 0.717) is 6.04 Å². The van der Waals surface area contributed by atoms with Gasteiger partial charge in [0.1, 0.15) is 0 Å². The molecular formula is C14H27NO3. The summed E-state index contributed by atoms with van der Waals surface area (Å²) in [5.41, 5.74) is -0.236. The molecule has 2 unspecified atom stereocenters. The molecule has 4 heteroatoms. The summed E-state index contributed by atoms with van der Waals surface area (Å²) >= 11 is 0. The lowest BCUT2D eigenvalue weighted by atomic mass is 9.87. The summed E-state index contributed by atoms with van der Waals surface area (Å²) in [4.78, 5) is 13.2. The predicted molar refractivity (Wildman–Crippen MR) is 71.8 cm³/mol. The second-order valence-electron chi connectivity index (χ2n) is 6.49. The molecule has 1 aliphatic rings. The Labute approximate surface area is 110 Å². The van der Waals surface area contributed by atoms with Crippen molar-refractivity contribution in [3.63, 3.8) is 0 Å². The molecule has 1 fully saturated rings. The normalized spacial score (nSPS) is 29.6. The fraction of sp³-hybridized carbons (Fsp3) is 0.929. The van der Waals surface area contributed by atoms with E-state index in [2.05, 4.69) is 39.5 Å². The average molecular weight is 257 g/mol. The van der Waals surface area contributed by atoms with Gasteiger partial charge in [-0.3, -0.25) is 9.69 Å². The highest BCUT2D eigenvalue weighted by Gasteiger charge is 2.38. The van der Waals surface area contributed by atoms with Crippen LogP contribution in [0.25, 0.3) is 0 Å². The standard InChI is InChI=1S/C14H27NO3/c1-6-14(5)9-11(7-8-18-14)15(10-12(16)17)13(2,3)4/h11H,6-10H2,1-5H3,(H,16,17). The molecule has 2 atom stereocenters. The molecule has 1 N–H and O–H groups in total. The highest BCUT2D eigenvalue weighted by atomic mass is 16.5. The maximum absolute atomic E-state index is 11.1. The van der Waals surface area contributed by atoms with E-state index >= 15 is 0 Å². The fourth-order valence-electron chi connectivity index (χ4n) is 2.67. The van der Waals surface area contributed by atoms with Crippen LogP contribution < -0.4 is 0 Å². The molecule has 18 heavy (non-hydrogen) atoms. The molecule has 0 radical (unpaired) electrons. The smallest absolute Gasteiger partial charge is 0.317 e. The highest BCUT2D eigenvalue weighted by Crippen LogP contribution is 2.33. The number of carboxylic acid groups (broad SMARTS) is 1. The molecule has 106 valence electrons. The summed E-state index contributed by atoms with van der Waals surface area (Å²) in [5, 5.41) is 9.09. The third kappa shape index (κ3) is 3.95. The Bertz CT molecular complexity index is 298. The highest BCUT2D eigenvalue weighted by molar-refractivity contribution is 5.69. The lowest BCUT2D eigenvalue weighted by Crippen LogP contribution is -2.55. The van der Waals surface area contributed by atoms with E-state index in [-0.39, 0.29) is 17.7 Å². The van der Waals surface area contributed by atoms with Gasteiger partial charge in [0.25, 0.3) is 0 Å². The quantitative estimate of drug-likeness (QED) is 0.840. The lowest BCUT2D eigenvalue weighted by Gasteiger charge is -2.47. The van der Waals surface area contributed by atoms with E-state index < -0.39 is 5.97 Å². The van der Waals surface area contributed by atoms with E-state index in [9.17, 15) is 4.79 Å². The Morgan fingerprint density at radius 1 is 1.50 bits per heavy atom. The number of rotatable bonds is 4. The van der Waals surface area contributed by atoms with Crippen molar-refractivity contribution in [3.05, 3.63) is 0 Å². The van der Waals surface area contributed by atoms with Crippen LogP contribution in [0.5, 0.6) is 0 Å². The van der Waals surface area contributed by atoms with E-state index in [1.54, 1.807) is 0 Å². The topological polar surface area (TPSA) is 49.8 Å². The van der Waals surface area contributed by atoms with Crippen molar-refractivity contribution >= 4 is 5.97 Å². The molecule has 1 saturated heterocycles. The number of ether oxygens (including phenoxy) is 1. The van der Waals surface area contributed by atoms with Gasteiger partial charge in [-0.25, -0.2) is 0 Å². The number of carbonyl (C=O) groups is 1. The third-order valence-corrected chi connectivity index (χ3v) is 3.92. The van der Waals surface area contributed by atoms with Crippen molar-refractivity contribution in [1.29, 1.82) is 0 Å². The number of hydrogen-bond acceptors (Lipinski definition) is 3. The third-order valence-electron chi connectivity index (χ3n) is 3.92. The largest absolute Gasteiger partial charge is 0.480 e. The molecule has 0 aromatic rings. The van der Waals surface area contributed by atoms with Crippen LogP contribution in [0.2, 0.25) is 0 Å². The van der Waals surface area contributed by atoms with Gasteiger partial charge in [0.15, 0.2) is 0 Å². The van der Waals surface area contributed by atoms with Crippen LogP contribution in [0.15, 0.2) is 0 Å². The first-order chi connectivity index (χ1) is 8.18. The second-order valence-corrected chi connectivity index (χ2v) is 6.49. The Morgan fingerprint density at radius 3 is 2.56 bits per heavy atom. The SMILES string of the molecule is CCC1(C)CC(N(CC(=O)O)C(C)(C)C)CCO1. The molecule has 1 aliphatic heterocycles. The monoisotopic (exact) mass is 257 g/mol. The maximum atomic E-state index is 11.1. The van der Waals surface area contributed by atoms with Gasteiger partial charge in [-0.2, -0.15) is 0 Å². The zero-order valence-electron chi connectivity index (χ0n) is 12.3. The van der Waals surface area contributed by atoms with Gasteiger partial charge in [-0.05, 0) is 47.0 Å². The first kappa shape index (κ1) is 15.4. The van der Waals surface area contributed by atoms with Crippen molar-refractivity contribution in [2.45, 2.75) is 71.1 Å². The van der Waals surface area contributed by atoms with Gasteiger partial charge in [-0.1, -0.05) is 6.92 Å². The predicted octanol–water partition coefficient (Wildman–Crippen LogP) is 2.52. The van der Waals surface area contributed by atoms with Crippen molar-refractivity contribution in [2.75, 3.05) is 13.2 Å². The molecule has 4 nitrogen and oxygen atoms in total. The minimum absolute atomic E-state index is 0.105. The number of aliphatic carboxylic acids is 1. The van der Waals surface area contributed by atoms with Crippen LogP contribution in [-0.4, -0.2) is 46.3 Å². The van der Waals surface area contributed by atoms with Gasteiger partial charge < -0.3 is 9.84 Å². The van der Waals surface area contributed by atoms with E-state index in [1.165, 1.54) is 0 Å². The second kappa shape index (κ2) is 5.57. The first-order valence-electron chi connectivity index (χ1n) is 6.80. The molecule has 0 spiro atoms. The summed E-state index contributed by atoms with van der Waals surface area (Å²) in [7, 11) is 0. The zero-order valence-corrected chi connectivity index (χ0v) is 12.3. The van der Waals surface area contributed by atoms with Crippen LogP contribution in [0.4, 0.5) is 0 Å². The Balaban J connectivity index is 2.82. The molecule has 0 aromatic carbocycles. The van der Waals surface area contributed by atoms with Crippen molar-refractivity contribution < 1.29 is 14.6 Å². The molecule has 0 saturated carbocycles. The van der Waals surface area contributed by atoms with Crippen LogP contribution in [0, 0.1) is 0 Å². The Kier molecular flexibility index (Phi) is 4.78. The van der Waals surface area contributed by atoms with Crippen LogP contribution in [0.3, 0.4) is 0 Å². The number of carboxylic acids is 1. The molecule has 0 aliphatic carbocycles.